The summed E-state index contributed by atoms with van der Waals surface area (Å²) in [5.41, 5.74) is 1.40. The Morgan fingerprint density at radius 1 is 1.35 bits per heavy atom. The van der Waals surface area contributed by atoms with Gasteiger partial charge in [-0.3, -0.25) is 0 Å². The van der Waals surface area contributed by atoms with Crippen molar-refractivity contribution in [2.45, 2.75) is 13.5 Å². The van der Waals surface area contributed by atoms with Crippen LogP contribution in [0.25, 0.3) is 15.9 Å². The molecular weight excluding hydrogens is 376 g/mol. The molecule has 0 saturated heterocycles. The summed E-state index contributed by atoms with van der Waals surface area (Å²) in [5.74, 6) is 0.672. The lowest BCUT2D eigenvalue weighted by molar-refractivity contribution is 0.0605. The van der Waals surface area contributed by atoms with Crippen LogP contribution < -0.4 is 4.74 Å². The van der Waals surface area contributed by atoms with E-state index in [1.165, 1.54) is 18.4 Å². The van der Waals surface area contributed by atoms with Crippen molar-refractivity contribution >= 4 is 44.8 Å². The summed E-state index contributed by atoms with van der Waals surface area (Å²) in [6.45, 7) is 2.02. The minimum atomic E-state index is -0.384. The average Bonchev–Trinajstić information content (AvgIpc) is 3.21. The zero-order chi connectivity index (χ0) is 18.3. The Balaban J connectivity index is 1.73. The highest BCUT2D eigenvalue weighted by Crippen LogP contribution is 2.32. The molecule has 0 aliphatic rings. The van der Waals surface area contributed by atoms with E-state index in [9.17, 15) is 4.79 Å². The molecule has 4 aromatic rings. The lowest BCUT2D eigenvalue weighted by atomic mass is 10.2. The molecule has 3 heterocycles. The number of carbonyl (C=O) groups excluding carboxylic acids is 1. The number of nitrogens with zero attached hydrogens (tertiary/aromatic N) is 4. The molecule has 1 aromatic carbocycles. The summed E-state index contributed by atoms with van der Waals surface area (Å²) in [6, 6.07) is 7.21. The molecule has 26 heavy (non-hydrogen) atoms. The first kappa shape index (κ1) is 16.7. The number of aryl methyl sites for hydroxylation is 1. The van der Waals surface area contributed by atoms with Gasteiger partial charge in [0.1, 0.15) is 28.4 Å². The molecule has 3 aromatic heterocycles. The maximum atomic E-state index is 11.9. The molecule has 0 radical (unpaired) electrons. The largest absolute Gasteiger partial charge is 0.484 e. The van der Waals surface area contributed by atoms with Crippen molar-refractivity contribution in [1.82, 2.24) is 19.6 Å². The molecule has 0 aliphatic heterocycles. The summed E-state index contributed by atoms with van der Waals surface area (Å²) in [4.78, 5) is 22.1. The van der Waals surface area contributed by atoms with Crippen LogP contribution in [0.3, 0.4) is 0 Å². The second-order valence-electron chi connectivity index (χ2n) is 5.49. The zero-order valence-electron chi connectivity index (χ0n) is 13.9. The fraction of sp³-hybridized carbons (Fsp3) is 0.176. The van der Waals surface area contributed by atoms with Gasteiger partial charge in [-0.1, -0.05) is 23.7 Å². The Kier molecular flexibility index (Phi) is 4.21. The Labute approximate surface area is 157 Å². The van der Waals surface area contributed by atoms with Gasteiger partial charge >= 0.3 is 5.97 Å². The third-order valence-corrected chi connectivity index (χ3v) is 5.37. The normalized spacial score (nSPS) is 11.2. The number of rotatable bonds is 4. The topological polar surface area (TPSA) is 78.6 Å². The number of esters is 1. The molecule has 0 atom stereocenters. The van der Waals surface area contributed by atoms with E-state index in [1.807, 2.05) is 19.1 Å². The van der Waals surface area contributed by atoms with Gasteiger partial charge < -0.3 is 9.47 Å². The van der Waals surface area contributed by atoms with Crippen LogP contribution in [0.15, 0.2) is 30.6 Å². The number of ether oxygens (including phenoxy) is 2. The second kappa shape index (κ2) is 6.54. The first-order chi connectivity index (χ1) is 12.6. The van der Waals surface area contributed by atoms with Gasteiger partial charge in [0.15, 0.2) is 11.5 Å². The molecule has 132 valence electrons. The number of fused-ring (bicyclic) bond motifs is 3. The smallest absolute Gasteiger partial charge is 0.348 e. The van der Waals surface area contributed by atoms with Crippen molar-refractivity contribution in [3.8, 4) is 5.75 Å². The summed E-state index contributed by atoms with van der Waals surface area (Å²) in [7, 11) is 1.36. The Morgan fingerprint density at radius 2 is 2.15 bits per heavy atom. The van der Waals surface area contributed by atoms with Crippen LogP contribution in [0, 0.1) is 6.92 Å². The van der Waals surface area contributed by atoms with Gasteiger partial charge in [0.25, 0.3) is 0 Å². The van der Waals surface area contributed by atoms with E-state index in [2.05, 4.69) is 15.1 Å². The first-order valence-corrected chi connectivity index (χ1v) is 8.87. The van der Waals surface area contributed by atoms with Gasteiger partial charge in [0.05, 0.1) is 17.5 Å². The molecule has 0 fully saturated rings. The van der Waals surface area contributed by atoms with Crippen molar-refractivity contribution in [3.63, 3.8) is 0 Å². The van der Waals surface area contributed by atoms with E-state index in [0.29, 0.717) is 32.0 Å². The SMILES string of the molecule is COC(=O)c1sc2ncn3nc(COc4ccccc4Cl)nc3c2c1C. The van der Waals surface area contributed by atoms with Crippen molar-refractivity contribution in [3.05, 3.63) is 51.9 Å². The molecule has 0 unspecified atom stereocenters. The zero-order valence-corrected chi connectivity index (χ0v) is 15.5. The molecule has 9 heteroatoms. The van der Waals surface area contributed by atoms with E-state index >= 15 is 0 Å². The molecular formula is C17H13ClN4O3S. The summed E-state index contributed by atoms with van der Waals surface area (Å²) in [6.07, 6.45) is 1.57. The molecule has 0 aliphatic carbocycles. The molecule has 0 bridgehead atoms. The quantitative estimate of drug-likeness (QED) is 0.496. The fourth-order valence-electron chi connectivity index (χ4n) is 2.63. The van der Waals surface area contributed by atoms with E-state index in [1.54, 1.807) is 23.0 Å². The lowest BCUT2D eigenvalue weighted by Gasteiger charge is -2.04. The number of benzene rings is 1. The third kappa shape index (κ3) is 2.77. The van der Waals surface area contributed by atoms with Crippen molar-refractivity contribution in [2.24, 2.45) is 0 Å². The number of para-hydroxylation sites is 1. The summed E-state index contributed by atoms with van der Waals surface area (Å²) >= 11 is 7.37. The Hall–Kier alpha value is -2.71. The van der Waals surface area contributed by atoms with Crippen molar-refractivity contribution < 1.29 is 14.3 Å². The maximum Gasteiger partial charge on any atom is 0.348 e. The average molecular weight is 389 g/mol. The van der Waals surface area contributed by atoms with Gasteiger partial charge in [0, 0.05) is 0 Å². The fourth-order valence-corrected chi connectivity index (χ4v) is 3.88. The number of thiophene rings is 1. The number of methoxy groups -OCH3 is 1. The van der Waals surface area contributed by atoms with Crippen LogP contribution in [0.1, 0.15) is 21.1 Å². The monoisotopic (exact) mass is 388 g/mol. The highest BCUT2D eigenvalue weighted by Gasteiger charge is 2.20. The standard InChI is InChI=1S/C17H13ClN4O3S/c1-9-13-15-20-12(7-25-11-6-4-3-5-10(11)18)21-22(15)8-19-16(13)26-14(9)17(23)24-2/h3-6,8H,7H2,1-2H3. The highest BCUT2D eigenvalue weighted by molar-refractivity contribution is 7.20. The summed E-state index contributed by atoms with van der Waals surface area (Å²) < 4.78 is 12.1. The Morgan fingerprint density at radius 3 is 2.92 bits per heavy atom. The van der Waals surface area contributed by atoms with Gasteiger partial charge in [-0.05, 0) is 24.6 Å². The molecule has 0 N–H and O–H groups in total. The number of aromatic nitrogens is 4. The molecule has 0 amide bonds. The van der Waals surface area contributed by atoms with E-state index in [0.717, 1.165) is 10.9 Å². The number of hydrogen-bond donors (Lipinski definition) is 0. The molecule has 7 nitrogen and oxygen atoms in total. The van der Waals surface area contributed by atoms with E-state index in [4.69, 9.17) is 21.1 Å². The van der Waals surface area contributed by atoms with E-state index < -0.39 is 0 Å². The lowest BCUT2D eigenvalue weighted by Crippen LogP contribution is -1.99. The predicted octanol–water partition coefficient (Wildman–Crippen LogP) is 3.67. The van der Waals surface area contributed by atoms with Gasteiger partial charge in [0.2, 0.25) is 0 Å². The van der Waals surface area contributed by atoms with Crippen molar-refractivity contribution in [2.75, 3.05) is 7.11 Å². The van der Waals surface area contributed by atoms with Gasteiger partial charge in [-0.25, -0.2) is 19.3 Å². The summed E-state index contributed by atoms with van der Waals surface area (Å²) in [5, 5.41) is 5.70. The van der Waals surface area contributed by atoms with Gasteiger partial charge in [-0.2, -0.15) is 0 Å². The molecule has 0 spiro atoms. The van der Waals surface area contributed by atoms with Crippen LogP contribution in [-0.2, 0) is 11.3 Å². The molecule has 0 saturated carbocycles. The van der Waals surface area contributed by atoms with Crippen LogP contribution >= 0.6 is 22.9 Å². The third-order valence-electron chi connectivity index (χ3n) is 3.88. The van der Waals surface area contributed by atoms with Crippen LogP contribution in [0.4, 0.5) is 0 Å². The second-order valence-corrected chi connectivity index (χ2v) is 6.89. The van der Waals surface area contributed by atoms with Gasteiger partial charge in [-0.15, -0.1) is 16.4 Å². The predicted molar refractivity (Wildman–Crippen MR) is 98.0 cm³/mol. The highest BCUT2D eigenvalue weighted by atomic mass is 35.5. The van der Waals surface area contributed by atoms with Crippen LogP contribution in [0.5, 0.6) is 5.75 Å². The number of hydrogen-bond acceptors (Lipinski definition) is 7. The van der Waals surface area contributed by atoms with E-state index in [-0.39, 0.29) is 12.6 Å². The first-order valence-electron chi connectivity index (χ1n) is 7.67. The van der Waals surface area contributed by atoms with Crippen LogP contribution in [-0.4, -0.2) is 32.7 Å². The minimum absolute atomic E-state index is 0.167. The minimum Gasteiger partial charge on any atom is -0.484 e. The Bertz CT molecular complexity index is 1140. The number of carbonyl (C=O) groups is 1. The number of halogens is 1. The molecule has 4 rings (SSSR count). The van der Waals surface area contributed by atoms with Crippen LogP contribution in [0.2, 0.25) is 5.02 Å². The maximum absolute atomic E-state index is 11.9. The van der Waals surface area contributed by atoms with Crippen molar-refractivity contribution in [1.29, 1.82) is 0 Å².